The van der Waals surface area contributed by atoms with Gasteiger partial charge in [-0.15, -0.1) is 0 Å². The van der Waals surface area contributed by atoms with Crippen molar-refractivity contribution in [3.63, 3.8) is 0 Å². The predicted molar refractivity (Wildman–Crippen MR) is 104 cm³/mol. The Balaban J connectivity index is 1.62. The number of nitrogens with zero attached hydrogens (tertiary/aromatic N) is 1. The van der Waals surface area contributed by atoms with Crippen LogP contribution in [0.1, 0.15) is 36.7 Å². The highest BCUT2D eigenvalue weighted by atomic mass is 16.5. The molecular formula is C22H24N2O2. The maximum absolute atomic E-state index is 12.3. The van der Waals surface area contributed by atoms with E-state index in [1.54, 1.807) is 0 Å². The summed E-state index contributed by atoms with van der Waals surface area (Å²) in [5, 5.41) is 3.98. The molecule has 0 aliphatic carbocycles. The molecule has 0 saturated carbocycles. The van der Waals surface area contributed by atoms with Crippen LogP contribution in [0.15, 0.2) is 54.6 Å². The van der Waals surface area contributed by atoms with Crippen LogP contribution in [-0.2, 0) is 11.2 Å². The monoisotopic (exact) mass is 348 g/mol. The van der Waals surface area contributed by atoms with Gasteiger partial charge in [-0.1, -0.05) is 49.4 Å². The second-order valence-corrected chi connectivity index (χ2v) is 6.45. The minimum absolute atomic E-state index is 0.0356. The smallest absolute Gasteiger partial charge is 0.258 e. The molecule has 134 valence electrons. The van der Waals surface area contributed by atoms with Gasteiger partial charge in [0.15, 0.2) is 6.61 Å². The number of carbonyl (C=O) groups is 1. The third-order valence-corrected chi connectivity index (χ3v) is 4.45. The van der Waals surface area contributed by atoms with Gasteiger partial charge in [0.1, 0.15) is 11.3 Å². The summed E-state index contributed by atoms with van der Waals surface area (Å²) >= 11 is 0. The molecule has 0 aliphatic rings. The Labute approximate surface area is 154 Å². The van der Waals surface area contributed by atoms with E-state index in [4.69, 9.17) is 4.74 Å². The first kappa shape index (κ1) is 17.9. The fourth-order valence-electron chi connectivity index (χ4n) is 2.89. The van der Waals surface area contributed by atoms with E-state index in [2.05, 4.69) is 41.5 Å². The summed E-state index contributed by atoms with van der Waals surface area (Å²) < 4.78 is 5.73. The van der Waals surface area contributed by atoms with Crippen LogP contribution in [0.25, 0.3) is 10.9 Å². The van der Waals surface area contributed by atoms with Crippen molar-refractivity contribution in [2.24, 2.45) is 0 Å². The molecule has 0 bridgehead atoms. The van der Waals surface area contributed by atoms with E-state index in [0.29, 0.717) is 5.75 Å². The van der Waals surface area contributed by atoms with Crippen LogP contribution >= 0.6 is 0 Å². The number of fused-ring (bicyclic) bond motifs is 1. The summed E-state index contributed by atoms with van der Waals surface area (Å²) in [5.74, 6) is 0.475. The van der Waals surface area contributed by atoms with E-state index in [9.17, 15) is 4.79 Å². The Morgan fingerprint density at radius 3 is 2.62 bits per heavy atom. The molecule has 0 aliphatic heterocycles. The lowest BCUT2D eigenvalue weighted by Crippen LogP contribution is -2.31. The lowest BCUT2D eigenvalue weighted by molar-refractivity contribution is -0.123. The van der Waals surface area contributed by atoms with Crippen LogP contribution in [0.2, 0.25) is 0 Å². The van der Waals surface area contributed by atoms with Crippen molar-refractivity contribution in [2.75, 3.05) is 6.61 Å². The molecule has 3 aromatic rings. The molecule has 0 unspecified atom stereocenters. The zero-order chi connectivity index (χ0) is 18.5. The maximum Gasteiger partial charge on any atom is 0.258 e. The molecule has 1 N–H and O–H groups in total. The maximum atomic E-state index is 12.3. The minimum Gasteiger partial charge on any atom is -0.481 e. The lowest BCUT2D eigenvalue weighted by Gasteiger charge is -2.15. The van der Waals surface area contributed by atoms with Gasteiger partial charge in [-0.25, -0.2) is 4.98 Å². The molecule has 4 nitrogen and oxygen atoms in total. The fourth-order valence-corrected chi connectivity index (χ4v) is 2.89. The van der Waals surface area contributed by atoms with Gasteiger partial charge in [0.2, 0.25) is 0 Å². The van der Waals surface area contributed by atoms with E-state index in [-0.39, 0.29) is 18.6 Å². The first-order chi connectivity index (χ1) is 12.6. The number of hydrogen-bond acceptors (Lipinski definition) is 3. The van der Waals surface area contributed by atoms with E-state index < -0.39 is 0 Å². The molecule has 2 aromatic carbocycles. The molecule has 0 spiro atoms. The number of carbonyl (C=O) groups excluding carboxylic acids is 1. The van der Waals surface area contributed by atoms with Gasteiger partial charge in [0.25, 0.3) is 5.91 Å². The number of nitrogens with one attached hydrogen (secondary N) is 1. The van der Waals surface area contributed by atoms with Gasteiger partial charge >= 0.3 is 0 Å². The molecule has 1 amide bonds. The number of hydrogen-bond donors (Lipinski definition) is 1. The number of rotatable bonds is 6. The molecule has 1 aromatic heterocycles. The van der Waals surface area contributed by atoms with Crippen molar-refractivity contribution in [1.29, 1.82) is 0 Å². The number of para-hydroxylation sites is 1. The van der Waals surface area contributed by atoms with Crippen LogP contribution in [0.5, 0.6) is 5.75 Å². The average Bonchev–Trinajstić information content (AvgIpc) is 2.66. The zero-order valence-electron chi connectivity index (χ0n) is 15.5. The standard InChI is InChI=1S/C22H24N2O2/c1-4-17-9-12-18(13-10-17)16(3)24-21(25)14-26-20-7-5-6-19-11-8-15(2)23-22(19)20/h5-13,16H,4,14H2,1-3H3,(H,24,25)/t16-/m1/s1. The van der Waals surface area contributed by atoms with Crippen molar-refractivity contribution in [1.82, 2.24) is 10.3 Å². The highest BCUT2D eigenvalue weighted by Crippen LogP contribution is 2.24. The molecule has 4 heteroatoms. The Kier molecular flexibility index (Phi) is 5.52. The van der Waals surface area contributed by atoms with Gasteiger partial charge in [0.05, 0.1) is 6.04 Å². The van der Waals surface area contributed by atoms with Crippen LogP contribution in [-0.4, -0.2) is 17.5 Å². The second kappa shape index (κ2) is 8.00. The first-order valence-corrected chi connectivity index (χ1v) is 8.94. The van der Waals surface area contributed by atoms with Gasteiger partial charge < -0.3 is 10.1 Å². The van der Waals surface area contributed by atoms with Crippen molar-refractivity contribution < 1.29 is 9.53 Å². The predicted octanol–water partition coefficient (Wildman–Crippen LogP) is 4.36. The summed E-state index contributed by atoms with van der Waals surface area (Å²) in [4.78, 5) is 16.8. The van der Waals surface area contributed by atoms with Crippen molar-refractivity contribution in [3.8, 4) is 5.75 Å². The van der Waals surface area contributed by atoms with Crippen LogP contribution in [0, 0.1) is 6.92 Å². The van der Waals surface area contributed by atoms with Gasteiger partial charge in [-0.3, -0.25) is 4.79 Å². The third kappa shape index (κ3) is 4.20. The number of aryl methyl sites for hydroxylation is 2. The quantitative estimate of drug-likeness (QED) is 0.720. The SMILES string of the molecule is CCc1ccc([C@@H](C)NC(=O)COc2cccc3ccc(C)nc23)cc1. The topological polar surface area (TPSA) is 51.2 Å². The van der Waals surface area contributed by atoms with E-state index in [0.717, 1.165) is 28.6 Å². The van der Waals surface area contributed by atoms with Gasteiger partial charge in [-0.2, -0.15) is 0 Å². The highest BCUT2D eigenvalue weighted by Gasteiger charge is 2.11. The number of ether oxygens (including phenoxy) is 1. The van der Waals surface area contributed by atoms with Crippen LogP contribution in [0.4, 0.5) is 0 Å². The summed E-state index contributed by atoms with van der Waals surface area (Å²) in [7, 11) is 0. The summed E-state index contributed by atoms with van der Waals surface area (Å²) in [6.07, 6.45) is 1.01. The molecule has 1 atom stereocenters. The molecule has 26 heavy (non-hydrogen) atoms. The van der Waals surface area contributed by atoms with Crippen molar-refractivity contribution in [2.45, 2.75) is 33.2 Å². The average molecular weight is 348 g/mol. The Morgan fingerprint density at radius 1 is 1.12 bits per heavy atom. The van der Waals surface area contributed by atoms with Gasteiger partial charge in [-0.05, 0) is 43.5 Å². The number of amides is 1. The fraction of sp³-hybridized carbons (Fsp3) is 0.273. The third-order valence-electron chi connectivity index (χ3n) is 4.45. The number of aromatic nitrogens is 1. The van der Waals surface area contributed by atoms with E-state index in [1.165, 1.54) is 5.56 Å². The summed E-state index contributed by atoms with van der Waals surface area (Å²) in [6, 6.07) is 17.9. The Morgan fingerprint density at radius 2 is 1.88 bits per heavy atom. The minimum atomic E-state index is -0.151. The van der Waals surface area contributed by atoms with E-state index >= 15 is 0 Å². The number of pyridine rings is 1. The highest BCUT2D eigenvalue weighted by molar-refractivity contribution is 5.85. The molecular weight excluding hydrogens is 324 g/mol. The second-order valence-electron chi connectivity index (χ2n) is 6.45. The lowest BCUT2D eigenvalue weighted by atomic mass is 10.1. The van der Waals surface area contributed by atoms with Crippen molar-refractivity contribution >= 4 is 16.8 Å². The molecule has 0 saturated heterocycles. The molecule has 1 heterocycles. The molecule has 0 radical (unpaired) electrons. The number of benzene rings is 2. The normalized spacial score (nSPS) is 12.0. The van der Waals surface area contributed by atoms with Crippen LogP contribution in [0.3, 0.4) is 0 Å². The first-order valence-electron chi connectivity index (χ1n) is 8.94. The molecule has 0 fully saturated rings. The Hall–Kier alpha value is -2.88. The molecule has 3 rings (SSSR count). The van der Waals surface area contributed by atoms with Crippen molar-refractivity contribution in [3.05, 3.63) is 71.4 Å². The summed E-state index contributed by atoms with van der Waals surface area (Å²) in [5.41, 5.74) is 4.07. The summed E-state index contributed by atoms with van der Waals surface area (Å²) in [6.45, 7) is 6.00. The van der Waals surface area contributed by atoms with Gasteiger partial charge in [0, 0.05) is 11.1 Å². The Bertz CT molecular complexity index is 904. The largest absolute Gasteiger partial charge is 0.481 e. The van der Waals surface area contributed by atoms with Crippen LogP contribution < -0.4 is 10.1 Å². The zero-order valence-corrected chi connectivity index (χ0v) is 15.5. The van der Waals surface area contributed by atoms with E-state index in [1.807, 2.05) is 44.2 Å².